The molecule has 0 aliphatic rings. The molecule has 0 saturated carbocycles. The Balaban J connectivity index is 1.56. The molecule has 0 aliphatic heterocycles. The van der Waals surface area contributed by atoms with Crippen LogP contribution in [0.4, 0.5) is 11.4 Å². The van der Waals surface area contributed by atoms with Crippen molar-refractivity contribution < 1.29 is 9.59 Å². The maximum atomic E-state index is 12.3. The number of nitrogens with one attached hydrogen (secondary N) is 2. The van der Waals surface area contributed by atoms with Gasteiger partial charge in [-0.05, 0) is 24.3 Å². The van der Waals surface area contributed by atoms with E-state index in [9.17, 15) is 9.59 Å². The molecule has 3 aromatic rings. The van der Waals surface area contributed by atoms with Crippen LogP contribution in [-0.4, -0.2) is 16.8 Å². The molecule has 1 heterocycles. The summed E-state index contributed by atoms with van der Waals surface area (Å²) < 4.78 is 0. The predicted octanol–water partition coefficient (Wildman–Crippen LogP) is 4.59. The smallest absolute Gasteiger partial charge is 0.230 e. The fraction of sp³-hybridized carbons (Fsp3) is 0.190. The van der Waals surface area contributed by atoms with Crippen molar-refractivity contribution in [1.82, 2.24) is 4.98 Å². The molecule has 2 amide bonds. The quantitative estimate of drug-likeness (QED) is 0.658. The van der Waals surface area contributed by atoms with E-state index in [0.717, 1.165) is 16.3 Å². The van der Waals surface area contributed by atoms with Gasteiger partial charge in [0.25, 0.3) is 0 Å². The number of carbonyl (C=O) groups is 2. The van der Waals surface area contributed by atoms with E-state index in [2.05, 4.69) is 15.6 Å². The Morgan fingerprint density at radius 3 is 2.22 bits per heavy atom. The number of nitrogens with zero attached hydrogens (tertiary/aromatic N) is 1. The van der Waals surface area contributed by atoms with Crippen LogP contribution in [0.15, 0.2) is 60.0 Å². The third kappa shape index (κ3) is 5.24. The van der Waals surface area contributed by atoms with E-state index in [-0.39, 0.29) is 24.2 Å². The van der Waals surface area contributed by atoms with Crippen molar-refractivity contribution in [1.29, 1.82) is 0 Å². The van der Waals surface area contributed by atoms with Crippen LogP contribution in [0.3, 0.4) is 0 Å². The fourth-order valence-corrected chi connectivity index (χ4v) is 3.22. The molecule has 0 aliphatic carbocycles. The summed E-state index contributed by atoms with van der Waals surface area (Å²) in [4.78, 5) is 28.5. The van der Waals surface area contributed by atoms with Crippen molar-refractivity contribution in [3.8, 4) is 10.6 Å². The minimum Gasteiger partial charge on any atom is -0.326 e. The number of benzene rings is 2. The highest BCUT2D eigenvalue weighted by Gasteiger charge is 2.10. The average Bonchev–Trinajstić information content (AvgIpc) is 3.12. The number of amides is 2. The van der Waals surface area contributed by atoms with Gasteiger partial charge in [0.2, 0.25) is 11.8 Å². The zero-order valence-electron chi connectivity index (χ0n) is 15.2. The molecule has 0 saturated heterocycles. The normalized spacial score (nSPS) is 10.6. The molecular weight excluding hydrogens is 358 g/mol. The summed E-state index contributed by atoms with van der Waals surface area (Å²) in [5.74, 6) is -0.244. The average molecular weight is 379 g/mol. The molecule has 6 heteroatoms. The lowest BCUT2D eigenvalue weighted by atomic mass is 10.2. The highest BCUT2D eigenvalue weighted by Crippen LogP contribution is 2.23. The van der Waals surface area contributed by atoms with Crippen LogP contribution in [0.2, 0.25) is 0 Å². The van der Waals surface area contributed by atoms with Crippen molar-refractivity contribution in [3.63, 3.8) is 0 Å². The van der Waals surface area contributed by atoms with Crippen molar-refractivity contribution >= 4 is 34.5 Å². The molecule has 0 radical (unpaired) electrons. The number of carbonyl (C=O) groups excluding carboxylic acids is 2. The van der Waals surface area contributed by atoms with Crippen molar-refractivity contribution in [2.45, 2.75) is 20.3 Å². The SMILES string of the molecule is CC(C)C(=O)Nc1ccc(NC(=O)Cc2csc(-c3ccccc3)n2)cc1. The standard InChI is InChI=1S/C21H21N3O2S/c1-14(2)20(26)23-17-10-8-16(9-11-17)22-19(25)12-18-13-27-21(24-18)15-6-4-3-5-7-15/h3-11,13-14H,12H2,1-2H3,(H,22,25)(H,23,26). The van der Waals surface area contributed by atoms with E-state index in [1.807, 2.05) is 49.6 Å². The van der Waals surface area contributed by atoms with Crippen LogP contribution in [0, 0.1) is 5.92 Å². The molecule has 3 rings (SSSR count). The van der Waals surface area contributed by atoms with Gasteiger partial charge in [-0.15, -0.1) is 11.3 Å². The molecule has 0 spiro atoms. The van der Waals surface area contributed by atoms with E-state index in [4.69, 9.17) is 0 Å². The Labute approximate surface area is 162 Å². The number of hydrogen-bond donors (Lipinski definition) is 2. The molecule has 2 aromatic carbocycles. The summed E-state index contributed by atoms with van der Waals surface area (Å²) in [6, 6.07) is 17.0. The largest absolute Gasteiger partial charge is 0.326 e. The number of aromatic nitrogens is 1. The second-order valence-corrected chi connectivity index (χ2v) is 7.31. The Morgan fingerprint density at radius 1 is 0.963 bits per heavy atom. The zero-order chi connectivity index (χ0) is 19.2. The Morgan fingerprint density at radius 2 is 1.59 bits per heavy atom. The lowest BCUT2D eigenvalue weighted by Gasteiger charge is -2.09. The summed E-state index contributed by atoms with van der Waals surface area (Å²) in [5, 5.41) is 8.49. The maximum Gasteiger partial charge on any atom is 0.230 e. The van der Waals surface area contributed by atoms with Crippen LogP contribution >= 0.6 is 11.3 Å². The highest BCUT2D eigenvalue weighted by molar-refractivity contribution is 7.13. The zero-order valence-corrected chi connectivity index (χ0v) is 16.0. The molecule has 27 heavy (non-hydrogen) atoms. The summed E-state index contributed by atoms with van der Waals surface area (Å²) in [5.41, 5.74) is 3.19. The molecule has 138 valence electrons. The van der Waals surface area contributed by atoms with Gasteiger partial charge in [-0.25, -0.2) is 4.98 Å². The lowest BCUT2D eigenvalue weighted by molar-refractivity contribution is -0.119. The lowest BCUT2D eigenvalue weighted by Crippen LogP contribution is -2.18. The first-order valence-corrected chi connectivity index (χ1v) is 9.60. The van der Waals surface area contributed by atoms with Crippen LogP contribution in [-0.2, 0) is 16.0 Å². The first-order chi connectivity index (χ1) is 13.0. The summed E-state index contributed by atoms with van der Waals surface area (Å²) >= 11 is 1.53. The number of hydrogen-bond acceptors (Lipinski definition) is 4. The fourth-order valence-electron chi connectivity index (χ4n) is 2.39. The van der Waals surface area contributed by atoms with Crippen molar-refractivity contribution in [3.05, 3.63) is 65.7 Å². The van der Waals surface area contributed by atoms with Crippen LogP contribution < -0.4 is 10.6 Å². The monoisotopic (exact) mass is 379 g/mol. The van der Waals surface area contributed by atoms with E-state index >= 15 is 0 Å². The van der Waals surface area contributed by atoms with Gasteiger partial charge in [0.05, 0.1) is 12.1 Å². The van der Waals surface area contributed by atoms with Gasteiger partial charge < -0.3 is 10.6 Å². The molecule has 1 aromatic heterocycles. The third-order valence-electron chi connectivity index (χ3n) is 3.87. The Kier molecular flexibility index (Phi) is 5.98. The molecule has 5 nitrogen and oxygen atoms in total. The molecule has 2 N–H and O–H groups in total. The number of anilines is 2. The topological polar surface area (TPSA) is 71.1 Å². The van der Waals surface area contributed by atoms with Gasteiger partial charge in [-0.1, -0.05) is 44.2 Å². The molecule has 0 bridgehead atoms. The minimum atomic E-state index is -0.126. The van der Waals surface area contributed by atoms with Crippen LogP contribution in [0.1, 0.15) is 19.5 Å². The van der Waals surface area contributed by atoms with E-state index in [1.54, 1.807) is 24.3 Å². The number of thiazole rings is 1. The van der Waals surface area contributed by atoms with Crippen LogP contribution in [0.5, 0.6) is 0 Å². The maximum absolute atomic E-state index is 12.3. The Hall–Kier alpha value is -2.99. The minimum absolute atomic E-state index is 0.0375. The molecule has 0 fully saturated rings. The van der Waals surface area contributed by atoms with Crippen molar-refractivity contribution in [2.24, 2.45) is 5.92 Å². The molecule has 0 unspecified atom stereocenters. The summed E-state index contributed by atoms with van der Waals surface area (Å²) in [6.45, 7) is 3.68. The first-order valence-electron chi connectivity index (χ1n) is 8.72. The Bertz CT molecular complexity index is 918. The second kappa shape index (κ2) is 8.60. The summed E-state index contributed by atoms with van der Waals surface area (Å²) in [6.07, 6.45) is 0.217. The van der Waals surface area contributed by atoms with E-state index in [0.29, 0.717) is 11.4 Å². The van der Waals surface area contributed by atoms with Gasteiger partial charge in [0.15, 0.2) is 0 Å². The summed E-state index contributed by atoms with van der Waals surface area (Å²) in [7, 11) is 0. The number of rotatable bonds is 6. The van der Waals surface area contributed by atoms with Gasteiger partial charge in [-0.3, -0.25) is 9.59 Å². The van der Waals surface area contributed by atoms with Gasteiger partial charge >= 0.3 is 0 Å². The molecule has 0 atom stereocenters. The van der Waals surface area contributed by atoms with E-state index < -0.39 is 0 Å². The predicted molar refractivity (Wildman–Crippen MR) is 110 cm³/mol. The highest BCUT2D eigenvalue weighted by atomic mass is 32.1. The van der Waals surface area contributed by atoms with Gasteiger partial charge in [0, 0.05) is 28.2 Å². The van der Waals surface area contributed by atoms with Gasteiger partial charge in [0.1, 0.15) is 5.01 Å². The van der Waals surface area contributed by atoms with Gasteiger partial charge in [-0.2, -0.15) is 0 Å². The van der Waals surface area contributed by atoms with Crippen molar-refractivity contribution in [2.75, 3.05) is 10.6 Å². The molecular formula is C21H21N3O2S. The second-order valence-electron chi connectivity index (χ2n) is 6.46. The first kappa shape index (κ1) is 18.8. The van der Waals surface area contributed by atoms with Crippen LogP contribution in [0.25, 0.3) is 10.6 Å². The third-order valence-corrected chi connectivity index (χ3v) is 4.81. The van der Waals surface area contributed by atoms with E-state index in [1.165, 1.54) is 11.3 Å².